The van der Waals surface area contributed by atoms with Crippen LogP contribution in [0, 0.1) is 6.92 Å². The van der Waals surface area contributed by atoms with E-state index in [0.29, 0.717) is 24.6 Å². The van der Waals surface area contributed by atoms with Crippen LogP contribution in [0.4, 0.5) is 0 Å². The molecule has 154 valence electrons. The van der Waals surface area contributed by atoms with Gasteiger partial charge in [-0.1, -0.05) is 30.3 Å². The van der Waals surface area contributed by atoms with Crippen molar-refractivity contribution in [2.24, 2.45) is 0 Å². The van der Waals surface area contributed by atoms with Crippen LogP contribution in [0.1, 0.15) is 60.3 Å². The summed E-state index contributed by atoms with van der Waals surface area (Å²) in [5, 5.41) is 11.2. The molecular weight excluding hydrogens is 384 g/mol. The Morgan fingerprint density at radius 3 is 2.48 bits per heavy atom. The van der Waals surface area contributed by atoms with Crippen molar-refractivity contribution in [1.29, 1.82) is 0 Å². The minimum absolute atomic E-state index is 0.0379. The molecular formula is C22H28N4O2S. The molecule has 0 radical (unpaired) electrons. The molecule has 0 saturated carbocycles. The van der Waals surface area contributed by atoms with Crippen LogP contribution in [0.3, 0.4) is 0 Å². The number of rotatable bonds is 10. The smallest absolute Gasteiger partial charge is 0.223 e. The second-order valence-corrected chi connectivity index (χ2v) is 8.18. The third-order valence-electron chi connectivity index (χ3n) is 4.98. The molecule has 0 N–H and O–H groups in total. The summed E-state index contributed by atoms with van der Waals surface area (Å²) in [5.41, 5.74) is 2.34. The molecule has 0 aliphatic rings. The summed E-state index contributed by atoms with van der Waals surface area (Å²) in [6, 6.07) is 10.4. The summed E-state index contributed by atoms with van der Waals surface area (Å²) in [5.74, 6) is 1.23. The number of aryl methyl sites for hydroxylation is 4. The molecule has 7 heteroatoms. The van der Waals surface area contributed by atoms with E-state index in [-0.39, 0.29) is 11.9 Å². The third kappa shape index (κ3) is 6.22. The zero-order valence-corrected chi connectivity index (χ0v) is 18.1. The van der Waals surface area contributed by atoms with E-state index in [1.807, 2.05) is 32.3 Å². The number of amides is 1. The highest BCUT2D eigenvalue weighted by Gasteiger charge is 2.20. The van der Waals surface area contributed by atoms with Gasteiger partial charge in [0.2, 0.25) is 17.7 Å². The molecule has 3 aromatic rings. The summed E-state index contributed by atoms with van der Waals surface area (Å²) in [6.45, 7) is 3.96. The quantitative estimate of drug-likeness (QED) is 0.457. The van der Waals surface area contributed by atoms with Crippen molar-refractivity contribution >= 4 is 17.2 Å². The first-order chi connectivity index (χ1) is 14.0. The summed E-state index contributed by atoms with van der Waals surface area (Å²) >= 11 is 1.58. The molecule has 0 saturated heterocycles. The van der Waals surface area contributed by atoms with Gasteiger partial charge in [-0.05, 0) is 38.7 Å². The average Bonchev–Trinajstić information content (AvgIpc) is 3.38. The van der Waals surface area contributed by atoms with Crippen molar-refractivity contribution in [1.82, 2.24) is 20.1 Å². The summed E-state index contributed by atoms with van der Waals surface area (Å²) in [6.07, 6.45) is 4.72. The van der Waals surface area contributed by atoms with Crippen LogP contribution in [0.25, 0.3) is 0 Å². The maximum Gasteiger partial charge on any atom is 0.223 e. The molecule has 29 heavy (non-hydrogen) atoms. The Hall–Kier alpha value is -2.54. The molecule has 3 rings (SSSR count). The first-order valence-electron chi connectivity index (χ1n) is 10.1. The van der Waals surface area contributed by atoms with Gasteiger partial charge in [-0.2, -0.15) is 0 Å². The van der Waals surface area contributed by atoms with Crippen LogP contribution >= 0.6 is 11.3 Å². The van der Waals surface area contributed by atoms with Gasteiger partial charge in [-0.15, -0.1) is 21.5 Å². The normalized spacial score (nSPS) is 12.1. The van der Waals surface area contributed by atoms with E-state index in [0.717, 1.165) is 36.4 Å². The second-order valence-electron chi connectivity index (χ2n) is 7.29. The summed E-state index contributed by atoms with van der Waals surface area (Å²) in [7, 11) is 1.82. The van der Waals surface area contributed by atoms with Crippen LogP contribution in [0.2, 0.25) is 0 Å². The van der Waals surface area contributed by atoms with Gasteiger partial charge in [0.25, 0.3) is 0 Å². The van der Waals surface area contributed by atoms with Gasteiger partial charge in [0.1, 0.15) is 5.01 Å². The SMILES string of the molecule is Cc1csc(C(C)N(C)C(=O)CCc2nnc(CCCCc3ccccc3)o2)n1. The fraction of sp³-hybridized carbons (Fsp3) is 0.455. The number of thiazole rings is 1. The van der Waals surface area contributed by atoms with E-state index in [4.69, 9.17) is 4.42 Å². The summed E-state index contributed by atoms with van der Waals surface area (Å²) < 4.78 is 5.71. The number of unbranched alkanes of at least 4 members (excludes halogenated alkanes) is 1. The fourth-order valence-corrected chi connectivity index (χ4v) is 3.97. The molecule has 1 atom stereocenters. The van der Waals surface area contributed by atoms with Gasteiger partial charge in [0.15, 0.2) is 0 Å². The van der Waals surface area contributed by atoms with Crippen molar-refractivity contribution < 1.29 is 9.21 Å². The van der Waals surface area contributed by atoms with Gasteiger partial charge in [0, 0.05) is 37.4 Å². The van der Waals surface area contributed by atoms with Crippen molar-refractivity contribution in [3.05, 3.63) is 63.8 Å². The Kier molecular flexibility index (Phi) is 7.52. The number of aromatic nitrogens is 3. The Morgan fingerprint density at radius 2 is 1.79 bits per heavy atom. The number of benzene rings is 1. The molecule has 2 heterocycles. The zero-order chi connectivity index (χ0) is 20.6. The second kappa shape index (κ2) is 10.3. The lowest BCUT2D eigenvalue weighted by Crippen LogP contribution is -2.29. The molecule has 1 amide bonds. The van der Waals surface area contributed by atoms with Gasteiger partial charge in [-0.25, -0.2) is 4.98 Å². The lowest BCUT2D eigenvalue weighted by atomic mass is 10.1. The van der Waals surface area contributed by atoms with Crippen molar-refractivity contribution in [3.8, 4) is 0 Å². The van der Waals surface area contributed by atoms with Crippen LogP contribution < -0.4 is 0 Å². The minimum atomic E-state index is -0.0379. The highest BCUT2D eigenvalue weighted by molar-refractivity contribution is 7.09. The van der Waals surface area contributed by atoms with E-state index < -0.39 is 0 Å². The Labute approximate surface area is 176 Å². The van der Waals surface area contributed by atoms with Crippen molar-refractivity contribution in [3.63, 3.8) is 0 Å². The Balaban J connectivity index is 1.39. The van der Waals surface area contributed by atoms with E-state index in [2.05, 4.69) is 39.4 Å². The number of nitrogens with zero attached hydrogens (tertiary/aromatic N) is 4. The standard InChI is InChI=1S/C22H28N4O2S/c1-16-15-29-22(23-16)17(2)26(3)21(27)14-13-20-25-24-19(28-20)12-8-7-11-18-9-5-4-6-10-18/h4-6,9-10,15,17H,7-8,11-14H2,1-3H3. The number of carbonyl (C=O) groups excluding carboxylic acids is 1. The van der Waals surface area contributed by atoms with Crippen LogP contribution in [0.15, 0.2) is 40.1 Å². The molecule has 1 aromatic carbocycles. The monoisotopic (exact) mass is 412 g/mol. The van der Waals surface area contributed by atoms with Crippen LogP contribution in [-0.4, -0.2) is 33.0 Å². The van der Waals surface area contributed by atoms with E-state index >= 15 is 0 Å². The number of hydrogen-bond donors (Lipinski definition) is 0. The van der Waals surface area contributed by atoms with Gasteiger partial charge in [0.05, 0.1) is 6.04 Å². The van der Waals surface area contributed by atoms with Gasteiger partial charge >= 0.3 is 0 Å². The molecule has 0 spiro atoms. The highest BCUT2D eigenvalue weighted by Crippen LogP contribution is 2.23. The first kappa shape index (κ1) is 21.2. The Bertz CT molecular complexity index is 906. The third-order valence-corrected chi connectivity index (χ3v) is 6.11. The van der Waals surface area contributed by atoms with E-state index in [1.165, 1.54) is 5.56 Å². The molecule has 0 aliphatic carbocycles. The topological polar surface area (TPSA) is 72.1 Å². The van der Waals surface area contributed by atoms with Crippen molar-refractivity contribution in [2.75, 3.05) is 7.05 Å². The molecule has 0 bridgehead atoms. The maximum absolute atomic E-state index is 12.5. The van der Waals surface area contributed by atoms with Gasteiger partial charge < -0.3 is 9.32 Å². The lowest BCUT2D eigenvalue weighted by Gasteiger charge is -2.23. The molecule has 6 nitrogen and oxygen atoms in total. The maximum atomic E-state index is 12.5. The molecule has 0 aliphatic heterocycles. The van der Waals surface area contributed by atoms with Crippen LogP contribution in [-0.2, 0) is 24.1 Å². The molecule has 0 fully saturated rings. The number of hydrogen-bond acceptors (Lipinski definition) is 6. The molecule has 1 unspecified atom stereocenters. The van der Waals surface area contributed by atoms with Crippen molar-refractivity contribution in [2.45, 2.75) is 58.4 Å². The molecule has 2 aromatic heterocycles. The highest BCUT2D eigenvalue weighted by atomic mass is 32.1. The predicted octanol–water partition coefficient (Wildman–Crippen LogP) is 4.55. The largest absolute Gasteiger partial charge is 0.425 e. The van der Waals surface area contributed by atoms with E-state index in [1.54, 1.807) is 16.2 Å². The zero-order valence-electron chi connectivity index (χ0n) is 17.3. The summed E-state index contributed by atoms with van der Waals surface area (Å²) in [4.78, 5) is 18.7. The average molecular weight is 413 g/mol. The Morgan fingerprint density at radius 1 is 1.10 bits per heavy atom. The van der Waals surface area contributed by atoms with E-state index in [9.17, 15) is 4.79 Å². The lowest BCUT2D eigenvalue weighted by molar-refractivity contribution is -0.131. The van der Waals surface area contributed by atoms with Crippen LogP contribution in [0.5, 0.6) is 0 Å². The predicted molar refractivity (Wildman–Crippen MR) is 114 cm³/mol. The fourth-order valence-electron chi connectivity index (χ4n) is 3.08. The number of carbonyl (C=O) groups is 1. The van der Waals surface area contributed by atoms with Gasteiger partial charge in [-0.3, -0.25) is 4.79 Å². The first-order valence-corrected chi connectivity index (χ1v) is 10.9. The minimum Gasteiger partial charge on any atom is -0.425 e.